The summed E-state index contributed by atoms with van der Waals surface area (Å²) in [5.74, 6) is -1.63. The van der Waals surface area contributed by atoms with Gasteiger partial charge in [0.1, 0.15) is 0 Å². The van der Waals surface area contributed by atoms with E-state index in [1.54, 1.807) is 0 Å². The van der Waals surface area contributed by atoms with Crippen LogP contribution < -0.4 is 5.11 Å². The number of carboxylic acid groups (broad SMARTS) is 1. The molecule has 0 heterocycles. The molecule has 0 amide bonds. The standard InChI is InChI=1S/C24H34O2/c1-3-5-7-11-17-24(18-15-21(16-19-24)23(25)26)22-14-10-9-13-20(22)12-8-6-4-2/h9-10,13-16,18-19,21H,3-8,11-12,17H2,1-2H3,(H,25,26)/p-1. The van der Waals surface area contributed by atoms with E-state index in [9.17, 15) is 9.90 Å². The number of carbonyl (C=O) groups is 1. The van der Waals surface area contributed by atoms with Crippen molar-refractivity contribution in [2.75, 3.05) is 0 Å². The number of allylic oxidation sites excluding steroid dienone is 2. The van der Waals surface area contributed by atoms with Crippen LogP contribution in [0.4, 0.5) is 0 Å². The van der Waals surface area contributed by atoms with Gasteiger partial charge in [-0.15, -0.1) is 0 Å². The monoisotopic (exact) mass is 353 g/mol. The van der Waals surface area contributed by atoms with Gasteiger partial charge in [-0.05, 0) is 30.4 Å². The lowest BCUT2D eigenvalue weighted by molar-refractivity contribution is -0.308. The largest absolute Gasteiger partial charge is 0.549 e. The summed E-state index contributed by atoms with van der Waals surface area (Å²) in [6.45, 7) is 4.46. The molecule has 0 atom stereocenters. The van der Waals surface area contributed by atoms with E-state index >= 15 is 0 Å². The van der Waals surface area contributed by atoms with E-state index in [0.29, 0.717) is 0 Å². The Labute approximate surface area is 159 Å². The lowest BCUT2D eigenvalue weighted by atomic mass is 9.70. The summed E-state index contributed by atoms with van der Waals surface area (Å²) >= 11 is 0. The van der Waals surface area contributed by atoms with Crippen LogP contribution in [-0.4, -0.2) is 5.97 Å². The van der Waals surface area contributed by atoms with E-state index in [1.807, 2.05) is 12.2 Å². The quantitative estimate of drug-likeness (QED) is 0.409. The van der Waals surface area contributed by atoms with Crippen molar-refractivity contribution >= 4 is 5.97 Å². The van der Waals surface area contributed by atoms with Gasteiger partial charge in [0.2, 0.25) is 0 Å². The summed E-state index contributed by atoms with van der Waals surface area (Å²) in [5.41, 5.74) is 2.57. The number of hydrogen-bond acceptors (Lipinski definition) is 2. The minimum atomic E-state index is -1.02. The van der Waals surface area contributed by atoms with Crippen molar-refractivity contribution in [3.8, 4) is 0 Å². The van der Waals surface area contributed by atoms with Gasteiger partial charge < -0.3 is 9.90 Å². The third-order valence-electron chi connectivity index (χ3n) is 5.49. The lowest BCUT2D eigenvalue weighted by Gasteiger charge is -2.34. The molecule has 1 aliphatic carbocycles. The Morgan fingerprint density at radius 2 is 1.62 bits per heavy atom. The second-order valence-corrected chi connectivity index (χ2v) is 7.53. The second-order valence-electron chi connectivity index (χ2n) is 7.53. The summed E-state index contributed by atoms with van der Waals surface area (Å²) < 4.78 is 0. The highest BCUT2D eigenvalue weighted by molar-refractivity contribution is 5.73. The summed E-state index contributed by atoms with van der Waals surface area (Å²) in [6, 6.07) is 8.70. The first-order chi connectivity index (χ1) is 12.6. The van der Waals surface area contributed by atoms with Gasteiger partial charge in [0.15, 0.2) is 0 Å². The molecule has 0 unspecified atom stereocenters. The molecule has 0 fully saturated rings. The zero-order valence-corrected chi connectivity index (χ0v) is 16.4. The fourth-order valence-corrected chi connectivity index (χ4v) is 3.91. The molecule has 0 bridgehead atoms. The van der Waals surface area contributed by atoms with Crippen LogP contribution in [0.2, 0.25) is 0 Å². The topological polar surface area (TPSA) is 40.1 Å². The van der Waals surface area contributed by atoms with Gasteiger partial charge in [0.25, 0.3) is 0 Å². The van der Waals surface area contributed by atoms with Crippen LogP contribution in [0.3, 0.4) is 0 Å². The second kappa shape index (κ2) is 10.4. The maximum Gasteiger partial charge on any atom is 0.0521 e. The van der Waals surface area contributed by atoms with Gasteiger partial charge in [-0.25, -0.2) is 0 Å². The molecular weight excluding hydrogens is 320 g/mol. The highest BCUT2D eigenvalue weighted by Gasteiger charge is 2.30. The highest BCUT2D eigenvalue weighted by Crippen LogP contribution is 2.39. The number of hydrogen-bond donors (Lipinski definition) is 0. The van der Waals surface area contributed by atoms with Crippen LogP contribution >= 0.6 is 0 Å². The van der Waals surface area contributed by atoms with Crippen molar-refractivity contribution in [3.05, 3.63) is 59.7 Å². The third kappa shape index (κ3) is 5.33. The number of aryl methyl sites for hydroxylation is 1. The highest BCUT2D eigenvalue weighted by atomic mass is 16.4. The smallest absolute Gasteiger partial charge is 0.0521 e. The number of carboxylic acids is 1. The van der Waals surface area contributed by atoms with E-state index in [-0.39, 0.29) is 5.41 Å². The van der Waals surface area contributed by atoms with Gasteiger partial charge in [-0.3, -0.25) is 0 Å². The van der Waals surface area contributed by atoms with Crippen LogP contribution in [-0.2, 0) is 16.6 Å². The van der Waals surface area contributed by atoms with Gasteiger partial charge >= 0.3 is 0 Å². The van der Waals surface area contributed by atoms with Crippen molar-refractivity contribution in [3.63, 3.8) is 0 Å². The van der Waals surface area contributed by atoms with Crippen LogP contribution in [0, 0.1) is 5.92 Å². The Morgan fingerprint density at radius 3 is 2.27 bits per heavy atom. The Morgan fingerprint density at radius 1 is 0.962 bits per heavy atom. The van der Waals surface area contributed by atoms with Crippen molar-refractivity contribution in [2.24, 2.45) is 5.92 Å². The Bertz CT molecular complexity index is 613. The average molecular weight is 354 g/mol. The first-order valence-electron chi connectivity index (χ1n) is 10.3. The fourth-order valence-electron chi connectivity index (χ4n) is 3.91. The molecule has 2 nitrogen and oxygen atoms in total. The molecule has 0 aliphatic heterocycles. The number of aliphatic carboxylic acids is 1. The molecule has 0 spiro atoms. The number of benzene rings is 1. The molecule has 0 saturated heterocycles. The lowest BCUT2D eigenvalue weighted by Crippen LogP contribution is -2.33. The van der Waals surface area contributed by atoms with E-state index in [4.69, 9.17) is 0 Å². The van der Waals surface area contributed by atoms with Crippen LogP contribution in [0.1, 0.15) is 76.3 Å². The molecule has 0 N–H and O–H groups in total. The van der Waals surface area contributed by atoms with Crippen molar-refractivity contribution < 1.29 is 9.90 Å². The molecule has 2 rings (SSSR count). The SMILES string of the molecule is CCCCCCC1(c2ccccc2CCCCC)C=CC(C(=O)[O-])C=C1. The predicted molar refractivity (Wildman–Crippen MR) is 107 cm³/mol. The molecule has 0 aromatic heterocycles. The van der Waals surface area contributed by atoms with Crippen LogP contribution in [0.15, 0.2) is 48.6 Å². The van der Waals surface area contributed by atoms with Crippen molar-refractivity contribution in [1.29, 1.82) is 0 Å². The number of carbonyl (C=O) groups excluding carboxylic acids is 1. The Balaban J connectivity index is 2.28. The minimum absolute atomic E-state index is 0.178. The molecule has 0 radical (unpaired) electrons. The minimum Gasteiger partial charge on any atom is -0.549 e. The Hall–Kier alpha value is -1.83. The van der Waals surface area contributed by atoms with Gasteiger partial charge in [0, 0.05) is 11.3 Å². The summed E-state index contributed by atoms with van der Waals surface area (Å²) in [7, 11) is 0. The predicted octanol–water partition coefficient (Wildman–Crippen LogP) is 5.12. The average Bonchev–Trinajstić information content (AvgIpc) is 2.66. The summed E-state index contributed by atoms with van der Waals surface area (Å²) in [4.78, 5) is 11.2. The molecule has 1 aromatic rings. The molecule has 2 heteroatoms. The van der Waals surface area contributed by atoms with Gasteiger partial charge in [-0.1, -0.05) is 101 Å². The maximum atomic E-state index is 11.2. The normalized spacial score (nSPS) is 21.8. The molecule has 1 aromatic carbocycles. The maximum absolute atomic E-state index is 11.2. The molecule has 26 heavy (non-hydrogen) atoms. The van der Waals surface area contributed by atoms with Crippen molar-refractivity contribution in [1.82, 2.24) is 0 Å². The van der Waals surface area contributed by atoms with Gasteiger partial charge in [-0.2, -0.15) is 0 Å². The third-order valence-corrected chi connectivity index (χ3v) is 5.49. The summed E-state index contributed by atoms with van der Waals surface area (Å²) in [5, 5.41) is 11.2. The van der Waals surface area contributed by atoms with E-state index in [0.717, 1.165) is 19.3 Å². The Kier molecular flexibility index (Phi) is 8.15. The molecule has 142 valence electrons. The van der Waals surface area contributed by atoms with E-state index in [2.05, 4.69) is 50.3 Å². The molecular formula is C24H33O2-. The first kappa shape index (κ1) is 20.5. The number of rotatable bonds is 11. The fraction of sp³-hybridized carbons (Fsp3) is 0.542. The molecule has 0 saturated carbocycles. The summed E-state index contributed by atoms with van der Waals surface area (Å²) in [6.07, 6.45) is 18.5. The van der Waals surface area contributed by atoms with E-state index in [1.165, 1.54) is 49.7 Å². The zero-order chi connectivity index (χ0) is 18.8. The number of unbranched alkanes of at least 4 members (excludes halogenated alkanes) is 5. The van der Waals surface area contributed by atoms with E-state index < -0.39 is 11.9 Å². The van der Waals surface area contributed by atoms with Crippen molar-refractivity contribution in [2.45, 2.75) is 77.0 Å². The molecule has 1 aliphatic rings. The van der Waals surface area contributed by atoms with Gasteiger partial charge in [0.05, 0.1) is 5.97 Å². The van der Waals surface area contributed by atoms with Crippen LogP contribution in [0.5, 0.6) is 0 Å². The first-order valence-corrected chi connectivity index (χ1v) is 10.3. The zero-order valence-electron chi connectivity index (χ0n) is 16.4. The van der Waals surface area contributed by atoms with Crippen LogP contribution in [0.25, 0.3) is 0 Å².